The van der Waals surface area contributed by atoms with Gasteiger partial charge in [0.15, 0.2) is 5.65 Å². The molecule has 0 radical (unpaired) electrons. The van der Waals surface area contributed by atoms with Crippen LogP contribution in [0.3, 0.4) is 0 Å². The summed E-state index contributed by atoms with van der Waals surface area (Å²) in [6.07, 6.45) is 3.32. The summed E-state index contributed by atoms with van der Waals surface area (Å²) in [5, 5.41) is 0.397. The summed E-state index contributed by atoms with van der Waals surface area (Å²) in [6.45, 7) is 5.99. The van der Waals surface area contributed by atoms with Gasteiger partial charge in [-0.2, -0.15) is 0 Å². The molecule has 6 heteroatoms. The fourth-order valence-electron chi connectivity index (χ4n) is 3.35. The Morgan fingerprint density at radius 2 is 1.71 bits per heavy atom. The van der Waals surface area contributed by atoms with Crippen molar-refractivity contribution in [3.05, 3.63) is 98.1 Å². The van der Waals surface area contributed by atoms with Crippen molar-refractivity contribution in [3.8, 4) is 5.69 Å². The zero-order valence-corrected chi connectivity index (χ0v) is 16.0. The Balaban J connectivity index is 2.03. The van der Waals surface area contributed by atoms with Crippen LogP contribution >= 0.6 is 0 Å². The molecule has 3 heterocycles. The molecular weight excluding hydrogens is 352 g/mol. The highest BCUT2D eigenvalue weighted by molar-refractivity contribution is 5.75. The number of aryl methyl sites for hydroxylation is 3. The van der Waals surface area contributed by atoms with Gasteiger partial charge in [0.1, 0.15) is 0 Å². The maximum Gasteiger partial charge on any atom is 0.337 e. The second-order valence-electron chi connectivity index (χ2n) is 7.00. The lowest BCUT2D eigenvalue weighted by Gasteiger charge is -2.15. The number of hydrogen-bond donors (Lipinski definition) is 0. The molecule has 0 spiro atoms. The van der Waals surface area contributed by atoms with Crippen LogP contribution in [0.4, 0.5) is 0 Å². The maximum atomic E-state index is 13.4. The molecule has 0 N–H and O–H groups in total. The lowest BCUT2D eigenvalue weighted by Crippen LogP contribution is -2.40. The smallest absolute Gasteiger partial charge is 0.268 e. The van der Waals surface area contributed by atoms with Crippen molar-refractivity contribution in [2.75, 3.05) is 0 Å². The van der Waals surface area contributed by atoms with E-state index in [0.29, 0.717) is 22.4 Å². The Hall–Kier alpha value is -3.54. The second-order valence-corrected chi connectivity index (χ2v) is 7.00. The SMILES string of the molecule is Cc1ccc(Cn2c(=O)c3cccnc3n(-c3ccc(C)cc3C)c2=O)nc1. The molecule has 4 rings (SSSR count). The Morgan fingerprint density at radius 1 is 0.929 bits per heavy atom. The van der Waals surface area contributed by atoms with Crippen molar-refractivity contribution >= 4 is 11.0 Å². The van der Waals surface area contributed by atoms with Crippen LogP contribution in [-0.4, -0.2) is 19.1 Å². The third-order valence-corrected chi connectivity index (χ3v) is 4.78. The average molecular weight is 372 g/mol. The largest absolute Gasteiger partial charge is 0.337 e. The van der Waals surface area contributed by atoms with Gasteiger partial charge in [-0.25, -0.2) is 14.3 Å². The molecular formula is C22H20N4O2. The van der Waals surface area contributed by atoms with Gasteiger partial charge in [-0.15, -0.1) is 0 Å². The molecule has 0 aliphatic carbocycles. The predicted octanol–water partition coefficient (Wildman–Crippen LogP) is 2.92. The molecule has 1 aromatic carbocycles. The monoisotopic (exact) mass is 372 g/mol. The third-order valence-electron chi connectivity index (χ3n) is 4.78. The molecule has 0 bridgehead atoms. The van der Waals surface area contributed by atoms with Crippen molar-refractivity contribution in [1.82, 2.24) is 19.1 Å². The van der Waals surface area contributed by atoms with Gasteiger partial charge in [-0.1, -0.05) is 23.8 Å². The summed E-state index contributed by atoms with van der Waals surface area (Å²) < 4.78 is 2.74. The van der Waals surface area contributed by atoms with E-state index in [1.807, 2.05) is 51.1 Å². The van der Waals surface area contributed by atoms with Crippen LogP contribution in [0.2, 0.25) is 0 Å². The normalized spacial score (nSPS) is 11.1. The molecule has 0 aliphatic rings. The fraction of sp³-hybridized carbons (Fsp3) is 0.182. The fourth-order valence-corrected chi connectivity index (χ4v) is 3.35. The summed E-state index contributed by atoms with van der Waals surface area (Å²) in [6, 6.07) is 13.0. The minimum absolute atomic E-state index is 0.105. The quantitative estimate of drug-likeness (QED) is 0.554. The number of aromatic nitrogens is 4. The number of nitrogens with zero attached hydrogens (tertiary/aromatic N) is 4. The molecule has 0 amide bonds. The molecule has 6 nitrogen and oxygen atoms in total. The van der Waals surface area contributed by atoms with E-state index in [1.165, 1.54) is 9.13 Å². The molecule has 4 aromatic rings. The first-order valence-electron chi connectivity index (χ1n) is 9.05. The van der Waals surface area contributed by atoms with Crippen molar-refractivity contribution in [3.63, 3.8) is 0 Å². The van der Waals surface area contributed by atoms with E-state index in [4.69, 9.17) is 0 Å². The van der Waals surface area contributed by atoms with Gasteiger partial charge in [0.05, 0.1) is 23.3 Å². The molecule has 28 heavy (non-hydrogen) atoms. The molecule has 0 aliphatic heterocycles. The number of fused-ring (bicyclic) bond motifs is 1. The van der Waals surface area contributed by atoms with Crippen LogP contribution in [0.5, 0.6) is 0 Å². The summed E-state index contributed by atoms with van der Waals surface area (Å²) in [5.74, 6) is 0. The Kier molecular flexibility index (Phi) is 4.39. The van der Waals surface area contributed by atoms with Gasteiger partial charge in [-0.3, -0.25) is 14.3 Å². The van der Waals surface area contributed by atoms with E-state index < -0.39 is 5.69 Å². The minimum atomic E-state index is -0.425. The third kappa shape index (κ3) is 3.03. The Labute approximate surface area is 161 Å². The predicted molar refractivity (Wildman–Crippen MR) is 109 cm³/mol. The number of hydrogen-bond acceptors (Lipinski definition) is 4. The number of benzene rings is 1. The number of pyridine rings is 2. The molecule has 0 saturated carbocycles. The lowest BCUT2D eigenvalue weighted by atomic mass is 10.1. The van der Waals surface area contributed by atoms with Crippen LogP contribution in [0, 0.1) is 20.8 Å². The molecule has 3 aromatic heterocycles. The van der Waals surface area contributed by atoms with Crippen LogP contribution in [-0.2, 0) is 6.54 Å². The summed E-state index contributed by atoms with van der Waals surface area (Å²) in [4.78, 5) is 35.1. The van der Waals surface area contributed by atoms with Gasteiger partial charge >= 0.3 is 5.69 Å². The zero-order valence-electron chi connectivity index (χ0n) is 16.0. The standard InChI is InChI=1S/C22H20N4O2/c1-14-7-9-19(16(3)11-14)26-20-18(5-4-10-23-20)21(27)25(22(26)28)13-17-8-6-15(2)12-24-17/h4-12H,13H2,1-3H3. The van der Waals surface area contributed by atoms with Crippen LogP contribution in [0.15, 0.2) is 64.4 Å². The minimum Gasteiger partial charge on any atom is -0.268 e. The van der Waals surface area contributed by atoms with Crippen LogP contribution in [0.1, 0.15) is 22.4 Å². The van der Waals surface area contributed by atoms with Gasteiger partial charge in [-0.05, 0) is 56.2 Å². The van der Waals surface area contributed by atoms with Crippen molar-refractivity contribution in [1.29, 1.82) is 0 Å². The maximum absolute atomic E-state index is 13.4. The van der Waals surface area contributed by atoms with Gasteiger partial charge < -0.3 is 0 Å². The van der Waals surface area contributed by atoms with E-state index in [0.717, 1.165) is 16.7 Å². The Bertz CT molecular complexity index is 1300. The van der Waals surface area contributed by atoms with Gasteiger partial charge in [0.25, 0.3) is 5.56 Å². The molecule has 140 valence electrons. The van der Waals surface area contributed by atoms with E-state index in [9.17, 15) is 9.59 Å². The zero-order chi connectivity index (χ0) is 19.8. The van der Waals surface area contributed by atoms with Gasteiger partial charge in [0.2, 0.25) is 0 Å². The van der Waals surface area contributed by atoms with Gasteiger partial charge in [0, 0.05) is 12.4 Å². The molecule has 0 fully saturated rings. The lowest BCUT2D eigenvalue weighted by molar-refractivity contribution is 0.669. The molecule has 0 saturated heterocycles. The molecule has 0 atom stereocenters. The van der Waals surface area contributed by atoms with E-state index >= 15 is 0 Å². The van der Waals surface area contributed by atoms with Crippen LogP contribution < -0.4 is 11.2 Å². The summed E-state index contributed by atoms with van der Waals surface area (Å²) in [7, 11) is 0. The summed E-state index contributed by atoms with van der Waals surface area (Å²) in [5.41, 5.74) is 3.99. The van der Waals surface area contributed by atoms with E-state index in [-0.39, 0.29) is 12.1 Å². The highest BCUT2D eigenvalue weighted by Crippen LogP contribution is 2.17. The van der Waals surface area contributed by atoms with Crippen molar-refractivity contribution in [2.24, 2.45) is 0 Å². The highest BCUT2D eigenvalue weighted by atomic mass is 16.2. The van der Waals surface area contributed by atoms with E-state index in [1.54, 1.807) is 24.5 Å². The number of rotatable bonds is 3. The van der Waals surface area contributed by atoms with Crippen molar-refractivity contribution in [2.45, 2.75) is 27.3 Å². The second kappa shape index (κ2) is 6.88. The van der Waals surface area contributed by atoms with Crippen LogP contribution in [0.25, 0.3) is 16.7 Å². The Morgan fingerprint density at radius 3 is 2.43 bits per heavy atom. The average Bonchev–Trinajstić information content (AvgIpc) is 2.68. The first-order valence-corrected chi connectivity index (χ1v) is 9.05. The topological polar surface area (TPSA) is 69.8 Å². The first kappa shape index (κ1) is 17.9. The highest BCUT2D eigenvalue weighted by Gasteiger charge is 2.17. The summed E-state index contributed by atoms with van der Waals surface area (Å²) >= 11 is 0. The van der Waals surface area contributed by atoms with E-state index in [2.05, 4.69) is 9.97 Å². The molecule has 0 unspecified atom stereocenters. The first-order chi connectivity index (χ1) is 13.5. The van der Waals surface area contributed by atoms with Crippen molar-refractivity contribution < 1.29 is 0 Å².